The second-order valence-electron chi connectivity index (χ2n) is 3.75. The molecule has 0 aliphatic carbocycles. The smallest absolute Gasteiger partial charge is 0.168 e. The fourth-order valence-electron chi connectivity index (χ4n) is 0.909. The number of aromatic nitrogens is 1. The van der Waals surface area contributed by atoms with Crippen molar-refractivity contribution in [1.82, 2.24) is 4.98 Å². The second kappa shape index (κ2) is 3.56. The van der Waals surface area contributed by atoms with E-state index in [1.54, 1.807) is 18.3 Å². The van der Waals surface area contributed by atoms with Gasteiger partial charge in [0, 0.05) is 12.3 Å². The average molecular weight is 179 g/mol. The highest BCUT2D eigenvalue weighted by atomic mass is 16.5. The highest BCUT2D eigenvalue weighted by Crippen LogP contribution is 2.17. The van der Waals surface area contributed by atoms with Crippen molar-refractivity contribution in [3.05, 3.63) is 24.0 Å². The summed E-state index contributed by atoms with van der Waals surface area (Å²) < 4.78 is 5.55. The van der Waals surface area contributed by atoms with E-state index in [2.05, 4.69) is 4.98 Å². The SMILES string of the molecule is CC(C)(C)Oc1ccnc(C=O)c1. The summed E-state index contributed by atoms with van der Waals surface area (Å²) in [6.07, 6.45) is 2.26. The van der Waals surface area contributed by atoms with Crippen LogP contribution in [-0.4, -0.2) is 16.9 Å². The molecule has 0 fully saturated rings. The quantitative estimate of drug-likeness (QED) is 0.652. The summed E-state index contributed by atoms with van der Waals surface area (Å²) in [5, 5.41) is 0. The highest BCUT2D eigenvalue weighted by Gasteiger charge is 2.11. The van der Waals surface area contributed by atoms with Crippen molar-refractivity contribution in [1.29, 1.82) is 0 Å². The lowest BCUT2D eigenvalue weighted by Gasteiger charge is -2.20. The van der Waals surface area contributed by atoms with E-state index >= 15 is 0 Å². The van der Waals surface area contributed by atoms with Crippen LogP contribution < -0.4 is 4.74 Å². The minimum atomic E-state index is -0.249. The molecule has 1 aromatic heterocycles. The van der Waals surface area contributed by atoms with Crippen molar-refractivity contribution in [2.45, 2.75) is 26.4 Å². The van der Waals surface area contributed by atoms with Crippen LogP contribution in [0, 0.1) is 0 Å². The van der Waals surface area contributed by atoms with Gasteiger partial charge in [-0.3, -0.25) is 9.78 Å². The highest BCUT2D eigenvalue weighted by molar-refractivity contribution is 5.72. The molecule has 0 spiro atoms. The van der Waals surface area contributed by atoms with Gasteiger partial charge < -0.3 is 4.74 Å². The Hall–Kier alpha value is -1.38. The summed E-state index contributed by atoms with van der Waals surface area (Å²) in [5.74, 6) is 0.671. The maximum absolute atomic E-state index is 10.4. The van der Waals surface area contributed by atoms with E-state index in [4.69, 9.17) is 4.74 Å². The maximum atomic E-state index is 10.4. The Morgan fingerprint density at radius 2 is 2.15 bits per heavy atom. The van der Waals surface area contributed by atoms with Crippen LogP contribution in [0.15, 0.2) is 18.3 Å². The molecule has 0 N–H and O–H groups in total. The predicted octanol–water partition coefficient (Wildman–Crippen LogP) is 2.07. The summed E-state index contributed by atoms with van der Waals surface area (Å²) in [5.41, 5.74) is 0.142. The molecule has 3 nitrogen and oxygen atoms in total. The Balaban J connectivity index is 2.84. The monoisotopic (exact) mass is 179 g/mol. The molecule has 3 heteroatoms. The number of nitrogens with zero attached hydrogens (tertiary/aromatic N) is 1. The molecule has 0 unspecified atom stereocenters. The van der Waals surface area contributed by atoms with E-state index in [9.17, 15) is 4.79 Å². The fourth-order valence-corrected chi connectivity index (χ4v) is 0.909. The third kappa shape index (κ3) is 3.23. The van der Waals surface area contributed by atoms with Crippen molar-refractivity contribution < 1.29 is 9.53 Å². The summed E-state index contributed by atoms with van der Waals surface area (Å²) in [6, 6.07) is 3.36. The minimum absolute atomic E-state index is 0.249. The van der Waals surface area contributed by atoms with E-state index in [-0.39, 0.29) is 5.60 Å². The molecule has 1 aromatic rings. The zero-order chi connectivity index (χ0) is 9.90. The third-order valence-corrected chi connectivity index (χ3v) is 1.30. The molecule has 0 amide bonds. The van der Waals surface area contributed by atoms with Crippen LogP contribution in [0.1, 0.15) is 31.3 Å². The van der Waals surface area contributed by atoms with Crippen LogP contribution in [0.2, 0.25) is 0 Å². The minimum Gasteiger partial charge on any atom is -0.488 e. The standard InChI is InChI=1S/C10H13NO2/c1-10(2,3)13-9-4-5-11-8(6-9)7-12/h4-7H,1-3H3. The summed E-state index contributed by atoms with van der Waals surface area (Å²) in [7, 11) is 0. The normalized spacial score (nSPS) is 11.0. The molecule has 0 aromatic carbocycles. The third-order valence-electron chi connectivity index (χ3n) is 1.30. The Kier molecular flexibility index (Phi) is 2.66. The van der Waals surface area contributed by atoms with Crippen LogP contribution in [0.25, 0.3) is 0 Å². The molecule has 0 aliphatic rings. The van der Waals surface area contributed by atoms with Gasteiger partial charge in [0.25, 0.3) is 0 Å². The van der Waals surface area contributed by atoms with Crippen molar-refractivity contribution in [2.24, 2.45) is 0 Å². The van der Waals surface area contributed by atoms with Gasteiger partial charge in [-0.05, 0) is 26.8 Å². The van der Waals surface area contributed by atoms with Crippen LogP contribution in [-0.2, 0) is 0 Å². The molecule has 0 saturated carbocycles. The van der Waals surface area contributed by atoms with Crippen molar-refractivity contribution in [2.75, 3.05) is 0 Å². The molecule has 0 saturated heterocycles. The van der Waals surface area contributed by atoms with E-state index in [0.29, 0.717) is 17.7 Å². The number of rotatable bonds is 2. The zero-order valence-electron chi connectivity index (χ0n) is 8.07. The summed E-state index contributed by atoms with van der Waals surface area (Å²) in [6.45, 7) is 5.86. The van der Waals surface area contributed by atoms with E-state index in [0.717, 1.165) is 0 Å². The lowest BCUT2D eigenvalue weighted by molar-refractivity contribution is 0.111. The molecular formula is C10H13NO2. The number of carbonyl (C=O) groups excluding carboxylic acids is 1. The Labute approximate surface area is 77.8 Å². The van der Waals surface area contributed by atoms with Crippen molar-refractivity contribution in [3.63, 3.8) is 0 Å². The maximum Gasteiger partial charge on any atom is 0.168 e. The van der Waals surface area contributed by atoms with E-state index in [1.807, 2.05) is 20.8 Å². The molecule has 1 rings (SSSR count). The number of hydrogen-bond donors (Lipinski definition) is 0. The lowest BCUT2D eigenvalue weighted by Crippen LogP contribution is -2.23. The molecule has 13 heavy (non-hydrogen) atoms. The Morgan fingerprint density at radius 3 is 2.69 bits per heavy atom. The molecule has 0 atom stereocenters. The summed E-state index contributed by atoms with van der Waals surface area (Å²) >= 11 is 0. The van der Waals surface area contributed by atoms with E-state index in [1.165, 1.54) is 0 Å². The number of hydrogen-bond acceptors (Lipinski definition) is 3. The molecule has 70 valence electrons. The van der Waals surface area contributed by atoms with Crippen molar-refractivity contribution in [3.8, 4) is 5.75 Å². The van der Waals surface area contributed by atoms with Gasteiger partial charge >= 0.3 is 0 Å². The van der Waals surface area contributed by atoms with Gasteiger partial charge in [0.2, 0.25) is 0 Å². The number of pyridine rings is 1. The largest absolute Gasteiger partial charge is 0.488 e. The molecule has 0 radical (unpaired) electrons. The van der Waals surface area contributed by atoms with Gasteiger partial charge in [-0.1, -0.05) is 0 Å². The fraction of sp³-hybridized carbons (Fsp3) is 0.400. The second-order valence-corrected chi connectivity index (χ2v) is 3.75. The number of carbonyl (C=O) groups is 1. The van der Waals surface area contributed by atoms with Gasteiger partial charge in [0.1, 0.15) is 17.0 Å². The van der Waals surface area contributed by atoms with Crippen LogP contribution in [0.3, 0.4) is 0 Å². The predicted molar refractivity (Wildman–Crippen MR) is 50.0 cm³/mol. The van der Waals surface area contributed by atoms with E-state index < -0.39 is 0 Å². The number of ether oxygens (including phenoxy) is 1. The van der Waals surface area contributed by atoms with Crippen LogP contribution in [0.4, 0.5) is 0 Å². The van der Waals surface area contributed by atoms with Crippen molar-refractivity contribution >= 4 is 6.29 Å². The van der Waals surface area contributed by atoms with Gasteiger partial charge in [0.05, 0.1) is 0 Å². The van der Waals surface area contributed by atoms with Gasteiger partial charge in [-0.25, -0.2) is 0 Å². The first-order chi connectivity index (χ1) is 6.01. The van der Waals surface area contributed by atoms with Crippen LogP contribution >= 0.6 is 0 Å². The van der Waals surface area contributed by atoms with Crippen LogP contribution in [0.5, 0.6) is 5.75 Å². The molecule has 0 bridgehead atoms. The first-order valence-corrected chi connectivity index (χ1v) is 4.11. The molecule has 1 heterocycles. The average Bonchev–Trinajstić information content (AvgIpc) is 2.01. The van der Waals surface area contributed by atoms with Gasteiger partial charge in [0.15, 0.2) is 6.29 Å². The van der Waals surface area contributed by atoms with Gasteiger partial charge in [-0.15, -0.1) is 0 Å². The first-order valence-electron chi connectivity index (χ1n) is 4.11. The Morgan fingerprint density at radius 1 is 1.46 bits per heavy atom. The van der Waals surface area contributed by atoms with Gasteiger partial charge in [-0.2, -0.15) is 0 Å². The molecule has 0 aliphatic heterocycles. The Bertz CT molecular complexity index is 302. The lowest BCUT2D eigenvalue weighted by atomic mass is 10.2. The summed E-state index contributed by atoms with van der Waals surface area (Å²) in [4.78, 5) is 14.2. The zero-order valence-corrected chi connectivity index (χ0v) is 8.07. The number of aldehydes is 1. The topological polar surface area (TPSA) is 39.2 Å². The first kappa shape index (κ1) is 9.71. The molecular weight excluding hydrogens is 166 g/mol.